The zero-order valence-electron chi connectivity index (χ0n) is 18.8. The minimum Gasteiger partial charge on any atom is -0.493 e. The summed E-state index contributed by atoms with van der Waals surface area (Å²) >= 11 is 0. The van der Waals surface area contributed by atoms with Crippen LogP contribution in [0.2, 0.25) is 0 Å². The molecule has 1 aromatic carbocycles. The van der Waals surface area contributed by atoms with Crippen LogP contribution in [0.25, 0.3) is 0 Å². The number of carbonyl (C=O) groups is 2. The SMILES string of the molecule is COC1=CC(=O)[C@]2(C)CC=C3CO[C@@H](c4ccoc4)C[C@@H]3[C@]2([S@@](=O)c2ccc(C)cc2)C1=O. The fourth-order valence-corrected chi connectivity index (χ4v) is 7.68. The van der Waals surface area contributed by atoms with Gasteiger partial charge in [-0.05, 0) is 43.5 Å². The van der Waals surface area contributed by atoms with Gasteiger partial charge in [-0.15, -0.1) is 0 Å². The molecule has 2 heterocycles. The molecule has 1 aliphatic heterocycles. The van der Waals surface area contributed by atoms with Crippen LogP contribution in [0.3, 0.4) is 0 Å². The highest BCUT2D eigenvalue weighted by Gasteiger charge is 2.70. The summed E-state index contributed by atoms with van der Waals surface area (Å²) in [5, 5.41) is 0. The number of ketones is 2. The van der Waals surface area contributed by atoms with Gasteiger partial charge in [-0.3, -0.25) is 13.8 Å². The van der Waals surface area contributed by atoms with Crippen LogP contribution >= 0.6 is 0 Å². The Labute approximate surface area is 195 Å². The third-order valence-corrected chi connectivity index (χ3v) is 9.67. The number of Topliss-reactive ketones (excluding diaryl/α,β-unsaturated/α-hetero) is 1. The second-order valence-electron chi connectivity index (χ2n) is 9.18. The van der Waals surface area contributed by atoms with Crippen LogP contribution in [0.4, 0.5) is 0 Å². The van der Waals surface area contributed by atoms with Gasteiger partial charge >= 0.3 is 0 Å². The Morgan fingerprint density at radius 1 is 1.15 bits per heavy atom. The zero-order valence-corrected chi connectivity index (χ0v) is 19.6. The molecular weight excluding hydrogens is 440 g/mol. The van der Waals surface area contributed by atoms with E-state index < -0.39 is 26.9 Å². The Bertz CT molecular complexity index is 1190. The summed E-state index contributed by atoms with van der Waals surface area (Å²) in [4.78, 5) is 28.2. The van der Waals surface area contributed by atoms with Gasteiger partial charge in [0.25, 0.3) is 0 Å². The van der Waals surface area contributed by atoms with Crippen molar-refractivity contribution in [2.24, 2.45) is 11.3 Å². The van der Waals surface area contributed by atoms with E-state index in [1.165, 1.54) is 13.2 Å². The summed E-state index contributed by atoms with van der Waals surface area (Å²) < 4.78 is 29.7. The van der Waals surface area contributed by atoms with Crippen LogP contribution in [0.5, 0.6) is 0 Å². The minimum absolute atomic E-state index is 0.0365. The molecule has 33 heavy (non-hydrogen) atoms. The summed E-state index contributed by atoms with van der Waals surface area (Å²) in [6.45, 7) is 4.03. The van der Waals surface area contributed by atoms with Crippen LogP contribution in [0.15, 0.2) is 75.7 Å². The molecule has 0 spiro atoms. The topological polar surface area (TPSA) is 82.8 Å². The number of furan rings is 1. The van der Waals surface area contributed by atoms with E-state index in [-0.39, 0.29) is 23.4 Å². The predicted octanol–water partition coefficient (Wildman–Crippen LogP) is 4.23. The molecule has 2 aliphatic carbocycles. The maximum Gasteiger partial charge on any atom is 0.218 e. The van der Waals surface area contributed by atoms with Crippen molar-refractivity contribution in [2.45, 2.75) is 42.4 Å². The van der Waals surface area contributed by atoms with Crippen molar-refractivity contribution in [3.05, 3.63) is 77.5 Å². The van der Waals surface area contributed by atoms with Crippen LogP contribution in [0.1, 0.15) is 37.0 Å². The Morgan fingerprint density at radius 2 is 1.91 bits per heavy atom. The highest BCUT2D eigenvalue weighted by Crippen LogP contribution is 2.59. The third-order valence-electron chi connectivity index (χ3n) is 7.46. The number of carbonyl (C=O) groups excluding carboxylic acids is 2. The molecule has 0 amide bonds. The lowest BCUT2D eigenvalue weighted by Crippen LogP contribution is -2.68. The normalized spacial score (nSPS) is 32.3. The van der Waals surface area contributed by atoms with Gasteiger partial charge in [-0.1, -0.05) is 30.7 Å². The number of benzene rings is 1. The second kappa shape index (κ2) is 7.92. The van der Waals surface area contributed by atoms with E-state index >= 15 is 0 Å². The van der Waals surface area contributed by atoms with E-state index in [1.807, 2.05) is 31.2 Å². The molecule has 0 radical (unpaired) electrons. The van der Waals surface area contributed by atoms with Crippen molar-refractivity contribution in [3.63, 3.8) is 0 Å². The van der Waals surface area contributed by atoms with Gasteiger partial charge in [0.15, 0.2) is 11.5 Å². The molecule has 0 N–H and O–H groups in total. The van der Waals surface area contributed by atoms with E-state index in [0.717, 1.165) is 16.7 Å². The Morgan fingerprint density at radius 3 is 2.58 bits per heavy atom. The quantitative estimate of drug-likeness (QED) is 0.627. The summed E-state index contributed by atoms with van der Waals surface area (Å²) in [7, 11) is -0.444. The standard InChI is InChI=1S/C26H26O6S/c1-16-4-6-19(7-5-16)33(29)26-20-12-21(18-9-11-31-14-18)32-15-17(20)8-10-25(26,2)23(27)13-22(30-3)24(26)28/h4-9,11,13-14,20-21H,10,12,15H2,1-3H3/t20-,21+,25-,26-,33-/m0/s1. The molecule has 7 heteroatoms. The molecule has 172 valence electrons. The van der Waals surface area contributed by atoms with Gasteiger partial charge < -0.3 is 13.9 Å². The molecule has 3 aliphatic rings. The molecule has 6 nitrogen and oxygen atoms in total. The van der Waals surface area contributed by atoms with Crippen molar-refractivity contribution in [1.29, 1.82) is 0 Å². The number of fused-ring (bicyclic) bond motifs is 3. The molecule has 0 unspecified atom stereocenters. The summed E-state index contributed by atoms with van der Waals surface area (Å²) in [6.07, 6.45) is 6.87. The average Bonchev–Trinajstić information content (AvgIpc) is 3.36. The highest BCUT2D eigenvalue weighted by atomic mass is 32.2. The summed E-state index contributed by atoms with van der Waals surface area (Å²) in [5.74, 6) is -1.11. The molecule has 1 saturated heterocycles. The second-order valence-corrected chi connectivity index (χ2v) is 10.8. The number of hydrogen-bond donors (Lipinski definition) is 0. The number of aryl methyl sites for hydroxylation is 1. The number of rotatable bonds is 4. The molecular formula is C26H26O6S. The van der Waals surface area contributed by atoms with E-state index in [9.17, 15) is 13.8 Å². The van der Waals surface area contributed by atoms with Gasteiger partial charge in [0.1, 0.15) is 4.75 Å². The Balaban J connectivity index is 1.73. The summed E-state index contributed by atoms with van der Waals surface area (Å²) in [6, 6.07) is 9.16. The van der Waals surface area contributed by atoms with Crippen molar-refractivity contribution < 1.29 is 27.7 Å². The smallest absolute Gasteiger partial charge is 0.218 e. The lowest BCUT2D eigenvalue weighted by Gasteiger charge is -2.55. The zero-order chi connectivity index (χ0) is 23.4. The van der Waals surface area contributed by atoms with Crippen LogP contribution < -0.4 is 0 Å². The molecule has 2 aromatic rings. The maximum atomic E-state index is 14.5. The van der Waals surface area contributed by atoms with Gasteiger partial charge in [0.05, 0.1) is 48.6 Å². The van der Waals surface area contributed by atoms with Gasteiger partial charge in [0, 0.05) is 22.5 Å². The number of ether oxygens (including phenoxy) is 2. The monoisotopic (exact) mass is 466 g/mol. The van der Waals surface area contributed by atoms with Crippen molar-refractivity contribution in [1.82, 2.24) is 0 Å². The van der Waals surface area contributed by atoms with Crippen molar-refractivity contribution >= 4 is 22.4 Å². The van der Waals surface area contributed by atoms with E-state index in [0.29, 0.717) is 24.3 Å². The summed E-state index contributed by atoms with van der Waals surface area (Å²) in [5.41, 5.74) is 1.62. The fourth-order valence-electron chi connectivity index (χ4n) is 5.56. The first kappa shape index (κ1) is 22.0. The largest absolute Gasteiger partial charge is 0.493 e. The lowest BCUT2D eigenvalue weighted by atomic mass is 9.55. The number of methoxy groups -OCH3 is 1. The number of hydrogen-bond acceptors (Lipinski definition) is 6. The Hall–Kier alpha value is -2.77. The molecule has 1 fully saturated rings. The average molecular weight is 467 g/mol. The highest BCUT2D eigenvalue weighted by molar-refractivity contribution is 7.87. The Kier molecular flexibility index (Phi) is 5.29. The first-order valence-corrected chi connectivity index (χ1v) is 12.1. The predicted molar refractivity (Wildman–Crippen MR) is 122 cm³/mol. The fraction of sp³-hybridized carbons (Fsp3) is 0.385. The van der Waals surface area contributed by atoms with E-state index in [2.05, 4.69) is 0 Å². The molecule has 5 atom stereocenters. The van der Waals surface area contributed by atoms with Crippen LogP contribution in [0, 0.1) is 18.3 Å². The third kappa shape index (κ3) is 3.05. The first-order chi connectivity index (χ1) is 15.8. The first-order valence-electron chi connectivity index (χ1n) is 11.0. The van der Waals surface area contributed by atoms with Crippen LogP contribution in [-0.4, -0.2) is 34.2 Å². The van der Waals surface area contributed by atoms with Gasteiger partial charge in [-0.2, -0.15) is 0 Å². The van der Waals surface area contributed by atoms with E-state index in [4.69, 9.17) is 13.9 Å². The van der Waals surface area contributed by atoms with Crippen LogP contribution in [-0.2, 0) is 29.9 Å². The van der Waals surface area contributed by atoms with E-state index in [1.54, 1.807) is 31.6 Å². The molecule has 0 bridgehead atoms. The molecule has 5 rings (SSSR count). The molecule has 1 aromatic heterocycles. The number of allylic oxidation sites excluding steroid dienone is 3. The lowest BCUT2D eigenvalue weighted by molar-refractivity contribution is -0.140. The van der Waals surface area contributed by atoms with Gasteiger partial charge in [0.2, 0.25) is 5.78 Å². The molecule has 0 saturated carbocycles. The minimum atomic E-state index is -1.82. The van der Waals surface area contributed by atoms with Crippen molar-refractivity contribution in [3.8, 4) is 0 Å². The maximum absolute atomic E-state index is 14.5. The van der Waals surface area contributed by atoms with Gasteiger partial charge in [-0.25, -0.2) is 0 Å². The van der Waals surface area contributed by atoms with Crippen molar-refractivity contribution in [2.75, 3.05) is 13.7 Å².